The number of aromatic nitrogens is 6. The van der Waals surface area contributed by atoms with E-state index in [1.165, 1.54) is 10.9 Å². The fourth-order valence-electron chi connectivity index (χ4n) is 4.95. The highest BCUT2D eigenvalue weighted by Crippen LogP contribution is 2.57. The highest BCUT2D eigenvalue weighted by Gasteiger charge is 2.58. The number of benzene rings is 1. The molecule has 6 rings (SSSR count). The molecule has 1 aliphatic carbocycles. The molecule has 1 aromatic carbocycles. The van der Waals surface area contributed by atoms with Crippen molar-refractivity contribution in [2.75, 3.05) is 19.6 Å². The minimum Gasteiger partial charge on any atom is -0.337 e. The molecule has 33 heavy (non-hydrogen) atoms. The molecule has 0 amide bonds. The van der Waals surface area contributed by atoms with Gasteiger partial charge >= 0.3 is 0 Å². The van der Waals surface area contributed by atoms with E-state index in [1.807, 2.05) is 0 Å². The smallest absolute Gasteiger partial charge is 0.280 e. The van der Waals surface area contributed by atoms with Crippen molar-refractivity contribution >= 4 is 22.8 Å². The number of aryl methyl sites for hydroxylation is 1. The number of piperidine rings is 1. The van der Waals surface area contributed by atoms with Gasteiger partial charge in [-0.05, 0) is 29.5 Å². The topological polar surface area (TPSA) is 94.9 Å². The number of alkyl halides is 1. The number of fused-ring (bicyclic) bond motifs is 2. The third-order valence-electron chi connectivity index (χ3n) is 6.71. The zero-order chi connectivity index (χ0) is 22.7. The molecule has 1 aliphatic heterocycles. The Labute approximate surface area is 192 Å². The molecule has 4 aromatic rings. The first-order chi connectivity index (χ1) is 16.0. The second-order valence-corrected chi connectivity index (χ2v) is 9.28. The second kappa shape index (κ2) is 7.74. The maximum absolute atomic E-state index is 14.7. The largest absolute Gasteiger partial charge is 0.337 e. The minimum absolute atomic E-state index is 0.152. The van der Waals surface area contributed by atoms with Crippen LogP contribution in [0, 0.1) is 11.8 Å². The fraction of sp³-hybridized carbons (Fsp3) is 0.409. The number of rotatable bonds is 6. The Morgan fingerprint density at radius 2 is 1.91 bits per heavy atom. The number of hydrogen-bond donors (Lipinski definition) is 0. The van der Waals surface area contributed by atoms with Crippen molar-refractivity contribution in [3.8, 4) is 0 Å². The van der Waals surface area contributed by atoms with Gasteiger partial charge in [-0.15, -0.1) is 0 Å². The maximum Gasteiger partial charge on any atom is 0.280 e. The van der Waals surface area contributed by atoms with Crippen molar-refractivity contribution in [3.63, 3.8) is 0 Å². The van der Waals surface area contributed by atoms with E-state index in [1.54, 1.807) is 42.2 Å². The Hall–Kier alpha value is -3.11. The quantitative estimate of drug-likeness (QED) is 0.428. The van der Waals surface area contributed by atoms with E-state index in [-0.39, 0.29) is 18.0 Å². The maximum atomic E-state index is 14.7. The minimum atomic E-state index is -1.04. The summed E-state index contributed by atoms with van der Waals surface area (Å²) in [6, 6.07) is 6.90. The van der Waals surface area contributed by atoms with Crippen LogP contribution < -0.4 is 5.56 Å². The van der Waals surface area contributed by atoms with Crippen LogP contribution in [-0.2, 0) is 13.6 Å². The summed E-state index contributed by atoms with van der Waals surface area (Å²) < 4.78 is 23.2. The van der Waals surface area contributed by atoms with Crippen molar-refractivity contribution < 1.29 is 8.91 Å². The summed E-state index contributed by atoms with van der Waals surface area (Å²) in [6.45, 7) is 2.14. The van der Waals surface area contributed by atoms with Crippen molar-refractivity contribution in [1.82, 2.24) is 34.1 Å². The number of halogens is 2. The van der Waals surface area contributed by atoms with Gasteiger partial charge in [0.05, 0.1) is 6.33 Å². The van der Waals surface area contributed by atoms with E-state index in [0.717, 1.165) is 13.1 Å². The van der Waals surface area contributed by atoms with Gasteiger partial charge in [-0.2, -0.15) is 4.98 Å². The molecule has 0 bridgehead atoms. The van der Waals surface area contributed by atoms with Crippen LogP contribution in [0.4, 0.5) is 4.39 Å². The average molecular weight is 470 g/mol. The van der Waals surface area contributed by atoms with Crippen LogP contribution in [0.3, 0.4) is 0 Å². The van der Waals surface area contributed by atoms with E-state index in [2.05, 4.69) is 25.0 Å². The lowest BCUT2D eigenvalue weighted by Gasteiger charge is -2.21. The van der Waals surface area contributed by atoms with E-state index < -0.39 is 6.17 Å². The molecule has 1 saturated heterocycles. The summed E-state index contributed by atoms with van der Waals surface area (Å²) >= 11 is 5.89. The van der Waals surface area contributed by atoms with Crippen LogP contribution >= 0.6 is 11.6 Å². The molecule has 2 fully saturated rings. The first-order valence-electron chi connectivity index (χ1n) is 10.8. The van der Waals surface area contributed by atoms with Crippen molar-refractivity contribution in [3.05, 3.63) is 69.6 Å². The molecule has 170 valence electrons. The van der Waals surface area contributed by atoms with Gasteiger partial charge in [0, 0.05) is 37.6 Å². The molecule has 11 heteroatoms. The van der Waals surface area contributed by atoms with Crippen LogP contribution in [0.5, 0.6) is 0 Å². The summed E-state index contributed by atoms with van der Waals surface area (Å²) in [5.74, 6) is 2.06. The first-order valence-corrected chi connectivity index (χ1v) is 11.2. The highest BCUT2D eigenvalue weighted by molar-refractivity contribution is 6.30. The summed E-state index contributed by atoms with van der Waals surface area (Å²) in [6.07, 6.45) is 1.96. The molecule has 9 nitrogen and oxygen atoms in total. The third-order valence-corrected chi connectivity index (χ3v) is 6.96. The van der Waals surface area contributed by atoms with Crippen molar-refractivity contribution in [2.24, 2.45) is 18.9 Å². The standard InChI is InChI=1S/C22H21ClFN7O2/c1-29-10-25-21-19(29)22(32)31(11-26-21)9-17-27-20(28-33-17)18-14-6-30(7-15(14)18)8-16(24)12-2-4-13(23)5-3-12/h2-5,10-11,14-16,18H,6-9H2,1H3/t14-,15+,16?,18?. The molecule has 2 unspecified atom stereocenters. The van der Waals surface area contributed by atoms with Crippen LogP contribution in [-0.4, -0.2) is 53.8 Å². The lowest BCUT2D eigenvalue weighted by atomic mass is 10.1. The Morgan fingerprint density at radius 1 is 1.18 bits per heavy atom. The molecule has 4 atom stereocenters. The SMILES string of the molecule is Cn1cnc2ncn(Cc3nc(C4[C@H]5CN(CC(F)c6ccc(Cl)cc6)C[C@@H]45)no3)c(=O)c21. The predicted molar refractivity (Wildman–Crippen MR) is 118 cm³/mol. The predicted octanol–water partition coefficient (Wildman–Crippen LogP) is 2.57. The fourth-order valence-corrected chi connectivity index (χ4v) is 5.07. The Kier molecular flexibility index (Phi) is 4.81. The van der Waals surface area contributed by atoms with Gasteiger partial charge in [0.1, 0.15) is 19.0 Å². The number of likely N-dealkylation sites (tertiary alicyclic amines) is 1. The van der Waals surface area contributed by atoms with Gasteiger partial charge in [-0.25, -0.2) is 14.4 Å². The van der Waals surface area contributed by atoms with E-state index in [9.17, 15) is 9.18 Å². The second-order valence-electron chi connectivity index (χ2n) is 8.84. The molecule has 1 saturated carbocycles. The van der Waals surface area contributed by atoms with Crippen LogP contribution in [0.1, 0.15) is 29.4 Å². The van der Waals surface area contributed by atoms with E-state index in [0.29, 0.717) is 51.8 Å². The number of nitrogens with zero attached hydrogens (tertiary/aromatic N) is 7. The van der Waals surface area contributed by atoms with Gasteiger partial charge < -0.3 is 9.09 Å². The normalized spacial score (nSPS) is 23.2. The molecule has 0 N–H and O–H groups in total. The molecule has 2 aliphatic rings. The molecular formula is C22H21ClFN7O2. The van der Waals surface area contributed by atoms with Crippen LogP contribution in [0.15, 0.2) is 46.2 Å². The van der Waals surface area contributed by atoms with Gasteiger partial charge in [-0.3, -0.25) is 14.3 Å². The van der Waals surface area contributed by atoms with Gasteiger partial charge in [0.15, 0.2) is 17.0 Å². The Balaban J connectivity index is 1.08. The monoisotopic (exact) mass is 469 g/mol. The first kappa shape index (κ1) is 20.5. The van der Waals surface area contributed by atoms with Crippen molar-refractivity contribution in [2.45, 2.75) is 18.6 Å². The van der Waals surface area contributed by atoms with E-state index in [4.69, 9.17) is 16.1 Å². The summed E-state index contributed by atoms with van der Waals surface area (Å²) in [5.41, 5.74) is 1.28. The Morgan fingerprint density at radius 3 is 2.67 bits per heavy atom. The molecule has 0 radical (unpaired) electrons. The molecule has 3 aromatic heterocycles. The lowest BCUT2D eigenvalue weighted by Crippen LogP contribution is -2.28. The Bertz CT molecular complexity index is 1370. The molecule has 4 heterocycles. The summed E-state index contributed by atoms with van der Waals surface area (Å²) in [5, 5.41) is 4.76. The van der Waals surface area contributed by atoms with Crippen LogP contribution in [0.2, 0.25) is 5.02 Å². The van der Waals surface area contributed by atoms with Gasteiger partial charge in [0.25, 0.3) is 5.56 Å². The summed E-state index contributed by atoms with van der Waals surface area (Å²) in [7, 11) is 1.75. The lowest BCUT2D eigenvalue weighted by molar-refractivity contribution is 0.204. The zero-order valence-corrected chi connectivity index (χ0v) is 18.6. The highest BCUT2D eigenvalue weighted by atomic mass is 35.5. The summed E-state index contributed by atoms with van der Waals surface area (Å²) in [4.78, 5) is 27.7. The van der Waals surface area contributed by atoms with Gasteiger partial charge in [-0.1, -0.05) is 28.9 Å². The third kappa shape index (κ3) is 3.63. The number of imidazole rings is 1. The van der Waals surface area contributed by atoms with E-state index >= 15 is 0 Å². The van der Waals surface area contributed by atoms with Crippen molar-refractivity contribution in [1.29, 1.82) is 0 Å². The number of hydrogen-bond acceptors (Lipinski definition) is 7. The zero-order valence-electron chi connectivity index (χ0n) is 17.8. The molecular weight excluding hydrogens is 449 g/mol. The molecule has 0 spiro atoms. The van der Waals surface area contributed by atoms with Gasteiger partial charge in [0.2, 0.25) is 5.89 Å². The van der Waals surface area contributed by atoms with Crippen LogP contribution in [0.25, 0.3) is 11.2 Å². The average Bonchev–Trinajstić information content (AvgIpc) is 3.19.